The van der Waals surface area contributed by atoms with E-state index in [2.05, 4.69) is 94.8 Å². The van der Waals surface area contributed by atoms with Gasteiger partial charge in [-0.05, 0) is 166 Å². The van der Waals surface area contributed by atoms with Crippen molar-refractivity contribution in [2.24, 2.45) is 0 Å². The molecule has 3 aromatic carbocycles. The van der Waals surface area contributed by atoms with Gasteiger partial charge in [-0.25, -0.2) is 29.0 Å². The van der Waals surface area contributed by atoms with Crippen LogP contribution in [0.2, 0.25) is 0 Å². The van der Waals surface area contributed by atoms with Gasteiger partial charge in [0.2, 0.25) is 5.79 Å². The fourth-order valence-corrected chi connectivity index (χ4v) is 10.8. The first kappa shape index (κ1) is 76.1. The highest BCUT2D eigenvalue weighted by molar-refractivity contribution is 5.81. The fourth-order valence-electron chi connectivity index (χ4n) is 10.8. The van der Waals surface area contributed by atoms with E-state index in [1.165, 1.54) is 55.9 Å². The Labute approximate surface area is 520 Å². The van der Waals surface area contributed by atoms with Crippen LogP contribution in [-0.4, -0.2) is 132 Å². The van der Waals surface area contributed by atoms with E-state index in [1.54, 1.807) is 0 Å². The monoisotopic (exact) mass is 1220 g/mol. The smallest absolute Gasteiger partial charge is 0.347 e. The maximum Gasteiger partial charge on any atom is 0.347 e. The van der Waals surface area contributed by atoms with Gasteiger partial charge in [-0.2, -0.15) is 19.9 Å². The molecule has 6 unspecified atom stereocenters. The molecule has 1 saturated carbocycles. The molecule has 3 aromatic rings. The SMILES string of the molecule is C=Cc1ccccc1.CC(C)(C)OOC1(OOC(C)(C)C)CCCCC1.CC(O)C(=O)OC(C)C(=O)OC1CC(C)(C)N(O)C(C)(C)C1.CC(O)C(=O)OC(C)C(=O)OC1CC(C)(C)N(OCC(CC(C)c2ccccc2)c2ccccc2)C(C)(C)C1. The predicted molar refractivity (Wildman–Crippen MR) is 335 cm³/mol. The van der Waals surface area contributed by atoms with Gasteiger partial charge in [0.05, 0.1) is 17.8 Å². The van der Waals surface area contributed by atoms with Gasteiger partial charge in [0.1, 0.15) is 24.4 Å². The number of hydrogen-bond acceptors (Lipinski definition) is 18. The van der Waals surface area contributed by atoms with Crippen molar-refractivity contribution in [1.82, 2.24) is 10.1 Å². The van der Waals surface area contributed by atoms with E-state index in [9.17, 15) is 29.5 Å². The van der Waals surface area contributed by atoms with Crippen LogP contribution >= 0.6 is 0 Å². The Morgan fingerprint density at radius 3 is 1.29 bits per heavy atom. The summed E-state index contributed by atoms with van der Waals surface area (Å²) in [7, 11) is 0. The molecule has 87 heavy (non-hydrogen) atoms. The molecule has 3 aliphatic rings. The van der Waals surface area contributed by atoms with Crippen LogP contribution in [0.1, 0.15) is 224 Å². The average molecular weight is 1220 g/mol. The van der Waals surface area contributed by atoms with Crippen molar-refractivity contribution in [3.8, 4) is 0 Å². The van der Waals surface area contributed by atoms with Crippen LogP contribution in [0.3, 0.4) is 0 Å². The number of hydrogen-bond donors (Lipinski definition) is 3. The summed E-state index contributed by atoms with van der Waals surface area (Å²) in [5.74, 6) is -3.16. The Balaban J connectivity index is 0.000000346. The quantitative estimate of drug-likeness (QED) is 0.0315. The van der Waals surface area contributed by atoms with Crippen LogP contribution < -0.4 is 0 Å². The van der Waals surface area contributed by atoms with E-state index in [-0.39, 0.29) is 29.3 Å². The van der Waals surface area contributed by atoms with E-state index >= 15 is 0 Å². The van der Waals surface area contributed by atoms with Gasteiger partial charge in [0.15, 0.2) is 12.2 Å². The maximum absolute atomic E-state index is 12.6. The molecule has 3 fully saturated rings. The van der Waals surface area contributed by atoms with Crippen molar-refractivity contribution in [3.05, 3.63) is 114 Å². The minimum atomic E-state index is -1.30. The standard InChI is InChI=1S/C32H45NO6.C15H27NO6.C14H28O4.C8H8/c1-22(25-14-10-8-11-15-25)18-27(26-16-12-9-13-17-26)21-37-33-31(4,5)19-28(20-32(33,6)7)39-30(36)24(3)38-29(35)23(2)34;1-9(17)12(18)21-10(2)13(19)22-11-7-14(3,4)16(20)15(5,6)8-11;1-12(2,3)15-17-14(10-8-7-9-11-14)18-16-13(4,5)6;1-2-8-6-4-3-5-7-8/h8-17,22-24,27-28,34H,18-21H2,1-7H3;9-11,17,20H,7-8H2,1-6H3;7-11H2,1-6H3;2-7H,1H2. The summed E-state index contributed by atoms with van der Waals surface area (Å²) in [6.45, 7) is 39.4. The second kappa shape index (κ2) is 33.6. The summed E-state index contributed by atoms with van der Waals surface area (Å²) in [5, 5.41) is 32.0. The van der Waals surface area contributed by atoms with Crippen LogP contribution in [0.15, 0.2) is 97.6 Å². The molecule has 6 rings (SSSR count). The molecule has 2 aliphatic heterocycles. The number of piperidine rings is 2. The van der Waals surface area contributed by atoms with Crippen LogP contribution in [0.5, 0.6) is 0 Å². The van der Waals surface area contributed by atoms with Crippen molar-refractivity contribution >= 4 is 30.0 Å². The Hall–Kier alpha value is -5.12. The van der Waals surface area contributed by atoms with Crippen LogP contribution in [-0.2, 0) is 62.5 Å². The zero-order chi connectivity index (χ0) is 65.8. The zero-order valence-electron chi connectivity index (χ0n) is 55.9. The van der Waals surface area contributed by atoms with Crippen molar-refractivity contribution < 1.29 is 77.9 Å². The van der Waals surface area contributed by atoms with Gasteiger partial charge in [-0.1, -0.05) is 117 Å². The van der Waals surface area contributed by atoms with Gasteiger partial charge < -0.3 is 34.4 Å². The van der Waals surface area contributed by atoms with Gasteiger partial charge >= 0.3 is 23.9 Å². The lowest BCUT2D eigenvalue weighted by molar-refractivity contribution is -0.545. The first-order valence-electron chi connectivity index (χ1n) is 30.8. The van der Waals surface area contributed by atoms with Crippen LogP contribution in [0.4, 0.5) is 0 Å². The molecule has 0 amide bonds. The number of carbonyl (C=O) groups excluding carboxylic acids is 4. The van der Waals surface area contributed by atoms with Crippen molar-refractivity contribution in [1.29, 1.82) is 0 Å². The van der Waals surface area contributed by atoms with E-state index in [1.807, 2.05) is 118 Å². The summed E-state index contributed by atoms with van der Waals surface area (Å²) < 4.78 is 21.0. The molecule has 2 heterocycles. The largest absolute Gasteiger partial charge is 0.459 e. The number of nitrogens with zero attached hydrogens (tertiary/aromatic N) is 2. The predicted octanol–water partition coefficient (Wildman–Crippen LogP) is 13.5. The van der Waals surface area contributed by atoms with E-state index in [4.69, 9.17) is 48.4 Å². The third-order valence-electron chi connectivity index (χ3n) is 14.9. The molecule has 0 spiro atoms. The highest BCUT2D eigenvalue weighted by Crippen LogP contribution is 2.42. The molecule has 0 radical (unpaired) electrons. The van der Waals surface area contributed by atoms with E-state index < -0.39 is 76.2 Å². The average Bonchev–Trinajstić information content (AvgIpc) is 3.16. The summed E-state index contributed by atoms with van der Waals surface area (Å²) in [5.41, 5.74) is 1.13. The lowest BCUT2D eigenvalue weighted by Gasteiger charge is -2.53. The molecule has 2 saturated heterocycles. The molecule has 1 aliphatic carbocycles. The van der Waals surface area contributed by atoms with Gasteiger partial charge in [0, 0.05) is 66.6 Å². The maximum atomic E-state index is 12.6. The number of carbonyl (C=O) groups is 4. The topological polar surface area (TPSA) is 219 Å². The highest BCUT2D eigenvalue weighted by atomic mass is 17.3. The van der Waals surface area contributed by atoms with Gasteiger partial charge in [0.25, 0.3) is 0 Å². The molecule has 0 bridgehead atoms. The number of aliphatic hydroxyl groups excluding tert-OH is 2. The number of esters is 4. The molecule has 3 N–H and O–H groups in total. The fraction of sp³-hybridized carbons (Fsp3) is 0.652. The summed E-state index contributed by atoms with van der Waals surface area (Å²) >= 11 is 0. The summed E-state index contributed by atoms with van der Waals surface area (Å²) in [6.07, 6.45) is 4.31. The first-order chi connectivity index (χ1) is 40.2. The Bertz CT molecular complexity index is 2480. The number of benzene rings is 3. The van der Waals surface area contributed by atoms with Crippen molar-refractivity contribution in [2.45, 2.75) is 283 Å². The van der Waals surface area contributed by atoms with E-state index in [0.29, 0.717) is 38.2 Å². The van der Waals surface area contributed by atoms with E-state index in [0.717, 1.165) is 32.1 Å². The van der Waals surface area contributed by atoms with Crippen molar-refractivity contribution in [3.63, 3.8) is 0 Å². The molecule has 6 atom stereocenters. The molecular formula is C69H108N2O16. The zero-order valence-corrected chi connectivity index (χ0v) is 55.9. The lowest BCUT2D eigenvalue weighted by Crippen LogP contribution is -2.62. The third-order valence-corrected chi connectivity index (χ3v) is 14.9. The Morgan fingerprint density at radius 2 is 0.931 bits per heavy atom. The number of aliphatic hydroxyl groups is 2. The normalized spacial score (nSPS) is 20.4. The Morgan fingerprint density at radius 1 is 0.563 bits per heavy atom. The minimum Gasteiger partial charge on any atom is -0.459 e. The molecular weight excluding hydrogens is 1110 g/mol. The van der Waals surface area contributed by atoms with Crippen molar-refractivity contribution in [2.75, 3.05) is 6.61 Å². The molecule has 18 heteroatoms. The van der Waals surface area contributed by atoms with Gasteiger partial charge in [-0.3, -0.25) is 4.84 Å². The molecule has 0 aromatic heterocycles. The van der Waals surface area contributed by atoms with Crippen LogP contribution in [0, 0.1) is 0 Å². The highest BCUT2D eigenvalue weighted by Gasteiger charge is 2.49. The number of hydroxylamine groups is 4. The number of rotatable bonds is 20. The summed E-state index contributed by atoms with van der Waals surface area (Å²) in [6, 6.07) is 31.1. The second-order valence-corrected chi connectivity index (χ2v) is 27.9. The number of ether oxygens (including phenoxy) is 4. The lowest BCUT2D eigenvalue weighted by atomic mass is 9.80. The Kier molecular flexibility index (Phi) is 29.4. The molecule has 18 nitrogen and oxygen atoms in total. The third kappa shape index (κ3) is 26.5. The van der Waals surface area contributed by atoms with Crippen LogP contribution in [0.25, 0.3) is 6.08 Å². The van der Waals surface area contributed by atoms with Gasteiger partial charge in [-0.15, -0.1) is 0 Å². The molecule has 490 valence electrons. The second-order valence-electron chi connectivity index (χ2n) is 27.9. The first-order valence-corrected chi connectivity index (χ1v) is 30.8. The summed E-state index contributed by atoms with van der Waals surface area (Å²) in [4.78, 5) is 76.3. The minimum absolute atomic E-state index is 0.202.